The van der Waals surface area contributed by atoms with Gasteiger partial charge in [-0.1, -0.05) is 29.3 Å². The van der Waals surface area contributed by atoms with Crippen molar-refractivity contribution in [3.05, 3.63) is 52.5 Å². The van der Waals surface area contributed by atoms with Gasteiger partial charge in [-0.05, 0) is 18.6 Å². The van der Waals surface area contributed by atoms with E-state index in [-0.39, 0.29) is 19.6 Å². The first-order valence-corrected chi connectivity index (χ1v) is 9.83. The fraction of sp³-hybridized carbons (Fsp3) is 0.400. The third kappa shape index (κ3) is 4.33. The Balaban J connectivity index is 1.92. The highest BCUT2D eigenvalue weighted by Crippen LogP contribution is 2.43. The molecule has 1 aromatic heterocycles. The molecule has 0 aliphatic carbocycles. The fourth-order valence-corrected chi connectivity index (χ4v) is 4.01. The van der Waals surface area contributed by atoms with Crippen molar-refractivity contribution < 1.29 is 22.4 Å². The molecule has 0 radical (unpaired) electrons. The first-order chi connectivity index (χ1) is 11.8. The van der Waals surface area contributed by atoms with Crippen molar-refractivity contribution in [1.82, 2.24) is 9.55 Å². The molecule has 25 heavy (non-hydrogen) atoms. The molecule has 7 nitrogen and oxygen atoms in total. The van der Waals surface area contributed by atoms with Gasteiger partial charge in [0.25, 0.3) is 10.1 Å². The van der Waals surface area contributed by atoms with Crippen molar-refractivity contribution in [2.45, 2.75) is 24.9 Å². The van der Waals surface area contributed by atoms with Gasteiger partial charge < -0.3 is 14.0 Å². The molecular formula is C15H16Cl2N2O5S. The number of nitrogens with zero attached hydrogens (tertiary/aromatic N) is 2. The number of halogens is 2. The van der Waals surface area contributed by atoms with E-state index in [0.717, 1.165) is 0 Å². The summed E-state index contributed by atoms with van der Waals surface area (Å²) in [5.41, 5.74) is 0.474. The summed E-state index contributed by atoms with van der Waals surface area (Å²) in [6.45, 7) is 0.380. The second kappa shape index (κ2) is 7.22. The van der Waals surface area contributed by atoms with Crippen molar-refractivity contribution in [2.75, 3.05) is 12.4 Å². The summed E-state index contributed by atoms with van der Waals surface area (Å²) in [4.78, 5) is 4.00. The van der Waals surface area contributed by atoms with E-state index >= 15 is 0 Å². The summed E-state index contributed by atoms with van der Waals surface area (Å²) >= 11 is 12.7. The minimum Gasteiger partial charge on any atom is -0.342 e. The number of imidazole rings is 1. The van der Waals surface area contributed by atoms with Gasteiger partial charge in [0.05, 0.1) is 46.9 Å². The maximum absolute atomic E-state index is 11.0. The number of ether oxygens (including phenoxy) is 2. The Morgan fingerprint density at radius 2 is 2.08 bits per heavy atom. The highest BCUT2D eigenvalue weighted by Gasteiger charge is 2.46. The van der Waals surface area contributed by atoms with Crippen molar-refractivity contribution in [3.8, 4) is 0 Å². The van der Waals surface area contributed by atoms with E-state index in [2.05, 4.69) is 4.98 Å². The van der Waals surface area contributed by atoms with E-state index in [1.54, 1.807) is 41.5 Å². The van der Waals surface area contributed by atoms with Crippen molar-refractivity contribution in [2.24, 2.45) is 0 Å². The van der Waals surface area contributed by atoms with Gasteiger partial charge in [0, 0.05) is 12.4 Å². The van der Waals surface area contributed by atoms with E-state index in [9.17, 15) is 8.42 Å². The van der Waals surface area contributed by atoms with Crippen LogP contribution in [0.2, 0.25) is 10.0 Å². The van der Waals surface area contributed by atoms with Crippen LogP contribution in [0, 0.1) is 0 Å². The lowest BCUT2D eigenvalue weighted by Crippen LogP contribution is -2.34. The SMILES string of the molecule is O=S(=O)(O)CCC1COC(Cn2ccnc2)(c2c(Cl)cccc2Cl)O1. The maximum atomic E-state index is 11.0. The van der Waals surface area contributed by atoms with Crippen molar-refractivity contribution >= 4 is 33.3 Å². The maximum Gasteiger partial charge on any atom is 0.264 e. The molecule has 1 N–H and O–H groups in total. The number of hydrogen-bond donors (Lipinski definition) is 1. The van der Waals surface area contributed by atoms with E-state index in [0.29, 0.717) is 15.6 Å². The van der Waals surface area contributed by atoms with Crippen LogP contribution < -0.4 is 0 Å². The molecule has 2 aromatic rings. The predicted octanol–water partition coefficient (Wildman–Crippen LogP) is 2.74. The molecule has 2 atom stereocenters. The minimum atomic E-state index is -4.08. The summed E-state index contributed by atoms with van der Waals surface area (Å²) in [5, 5.41) is 0.756. The summed E-state index contributed by atoms with van der Waals surface area (Å²) in [5.74, 6) is -1.70. The molecule has 0 bridgehead atoms. The molecule has 1 aromatic carbocycles. The number of benzene rings is 1. The summed E-state index contributed by atoms with van der Waals surface area (Å²) in [6, 6.07) is 5.07. The normalized spacial score (nSPS) is 23.9. The molecule has 0 saturated carbocycles. The molecule has 3 rings (SSSR count). The van der Waals surface area contributed by atoms with Gasteiger partial charge >= 0.3 is 0 Å². The van der Waals surface area contributed by atoms with Crippen LogP contribution in [0.1, 0.15) is 12.0 Å². The van der Waals surface area contributed by atoms with Crippen LogP contribution in [0.5, 0.6) is 0 Å². The molecule has 1 aliphatic rings. The van der Waals surface area contributed by atoms with Gasteiger partial charge in [0.1, 0.15) is 0 Å². The first-order valence-electron chi connectivity index (χ1n) is 7.46. The van der Waals surface area contributed by atoms with Crippen LogP contribution in [0.3, 0.4) is 0 Å². The van der Waals surface area contributed by atoms with Crippen LogP contribution >= 0.6 is 23.2 Å². The predicted molar refractivity (Wildman–Crippen MR) is 92.2 cm³/mol. The monoisotopic (exact) mass is 406 g/mol. The lowest BCUT2D eigenvalue weighted by molar-refractivity contribution is -0.187. The summed E-state index contributed by atoms with van der Waals surface area (Å²) in [6.07, 6.45) is 4.52. The standard InChI is InChI=1S/C15H16Cl2N2O5S/c16-12-2-1-3-13(17)14(12)15(9-19-6-5-18-10-19)23-8-11(24-15)4-7-25(20,21)22/h1-3,5-6,10-11H,4,7-9H2,(H,20,21,22). The van der Waals surface area contributed by atoms with Gasteiger partial charge in [0.2, 0.25) is 5.79 Å². The van der Waals surface area contributed by atoms with Crippen LogP contribution in [0.15, 0.2) is 36.9 Å². The summed E-state index contributed by atoms with van der Waals surface area (Å²) < 4.78 is 44.6. The molecular weight excluding hydrogens is 391 g/mol. The van der Waals surface area contributed by atoms with E-state index < -0.39 is 27.8 Å². The molecule has 2 unspecified atom stereocenters. The van der Waals surface area contributed by atoms with E-state index in [1.165, 1.54) is 0 Å². The second-order valence-electron chi connectivity index (χ2n) is 5.71. The molecule has 0 amide bonds. The van der Waals surface area contributed by atoms with Crippen LogP contribution in [0.25, 0.3) is 0 Å². The smallest absolute Gasteiger partial charge is 0.264 e. The Labute approximate surface area is 155 Å². The molecule has 10 heteroatoms. The fourth-order valence-electron chi connectivity index (χ4n) is 2.76. The summed E-state index contributed by atoms with van der Waals surface area (Å²) in [7, 11) is -4.08. The van der Waals surface area contributed by atoms with Gasteiger partial charge in [0.15, 0.2) is 0 Å². The average molecular weight is 407 g/mol. The average Bonchev–Trinajstić information content (AvgIpc) is 3.15. The van der Waals surface area contributed by atoms with Gasteiger partial charge in [-0.2, -0.15) is 8.42 Å². The third-order valence-electron chi connectivity index (χ3n) is 3.85. The molecule has 1 fully saturated rings. The van der Waals surface area contributed by atoms with Gasteiger partial charge in [-0.25, -0.2) is 4.98 Å². The van der Waals surface area contributed by atoms with Gasteiger partial charge in [-0.15, -0.1) is 0 Å². The van der Waals surface area contributed by atoms with Crippen LogP contribution in [-0.2, 0) is 31.9 Å². The third-order valence-corrected chi connectivity index (χ3v) is 5.23. The molecule has 2 heterocycles. The highest BCUT2D eigenvalue weighted by molar-refractivity contribution is 7.85. The van der Waals surface area contributed by atoms with Crippen molar-refractivity contribution in [3.63, 3.8) is 0 Å². The second-order valence-corrected chi connectivity index (χ2v) is 8.10. The minimum absolute atomic E-state index is 0.0899. The molecule has 136 valence electrons. The van der Waals surface area contributed by atoms with Gasteiger partial charge in [-0.3, -0.25) is 4.55 Å². The quantitative estimate of drug-likeness (QED) is 0.741. The Bertz CT molecular complexity index is 823. The van der Waals surface area contributed by atoms with E-state index in [4.69, 9.17) is 37.2 Å². The largest absolute Gasteiger partial charge is 0.342 e. The number of aromatic nitrogens is 2. The van der Waals surface area contributed by atoms with Crippen LogP contribution in [0.4, 0.5) is 0 Å². The highest BCUT2D eigenvalue weighted by atomic mass is 35.5. The zero-order valence-electron chi connectivity index (χ0n) is 13.0. The number of hydrogen-bond acceptors (Lipinski definition) is 5. The molecule has 0 spiro atoms. The van der Waals surface area contributed by atoms with Crippen molar-refractivity contribution in [1.29, 1.82) is 0 Å². The van der Waals surface area contributed by atoms with E-state index in [1.807, 2.05) is 0 Å². The Kier molecular flexibility index (Phi) is 5.38. The number of rotatable bonds is 6. The Morgan fingerprint density at radius 3 is 2.68 bits per heavy atom. The zero-order valence-corrected chi connectivity index (χ0v) is 15.3. The zero-order chi connectivity index (χ0) is 18.1. The van der Waals surface area contributed by atoms with Crippen LogP contribution in [-0.4, -0.2) is 41.0 Å². The lowest BCUT2D eigenvalue weighted by Gasteiger charge is -2.30. The topological polar surface area (TPSA) is 90.7 Å². The lowest BCUT2D eigenvalue weighted by atomic mass is 10.1. The Morgan fingerprint density at radius 1 is 1.36 bits per heavy atom. The Hall–Kier alpha value is -1.16. The first kappa shape index (κ1) is 18.6. The molecule has 1 aliphatic heterocycles. The molecule has 1 saturated heterocycles.